The van der Waals surface area contributed by atoms with Gasteiger partial charge in [-0.15, -0.1) is 5.92 Å². The van der Waals surface area contributed by atoms with Gasteiger partial charge in [-0.25, -0.2) is 0 Å². The molecule has 0 aliphatic carbocycles. The van der Waals surface area contributed by atoms with E-state index in [1.807, 2.05) is 6.07 Å². The lowest BCUT2D eigenvalue weighted by Crippen LogP contribution is -1.95. The van der Waals surface area contributed by atoms with Crippen LogP contribution in [0.25, 0.3) is 0 Å². The Morgan fingerprint density at radius 2 is 1.29 bits per heavy atom. The summed E-state index contributed by atoms with van der Waals surface area (Å²) in [4.78, 5) is 0. The molecule has 1 aromatic carbocycles. The summed E-state index contributed by atoms with van der Waals surface area (Å²) in [5.41, 5.74) is 1.26. The number of aliphatic hydroxyl groups excluding tert-OH is 1. The van der Waals surface area contributed by atoms with E-state index in [-0.39, 0.29) is 6.61 Å². The molecular formula is C22H34O2. The standard InChI is InChI=1S/C22H34O2/c23-19-15-10-8-6-4-2-1-3-5-7-9-11-16-20-24-21-22-17-13-12-14-18-22/h12-14,17-18,23H,1-9,11,16,19-21H2. The maximum atomic E-state index is 8.54. The highest BCUT2D eigenvalue weighted by atomic mass is 16.5. The predicted octanol–water partition coefficient (Wildman–Crippen LogP) is 5.49. The van der Waals surface area contributed by atoms with Crippen molar-refractivity contribution in [1.29, 1.82) is 0 Å². The molecule has 0 fully saturated rings. The highest BCUT2D eigenvalue weighted by Crippen LogP contribution is 2.11. The Morgan fingerprint density at radius 1 is 0.708 bits per heavy atom. The molecule has 0 bridgehead atoms. The first kappa shape index (κ1) is 20.7. The first-order chi connectivity index (χ1) is 11.9. The molecule has 134 valence electrons. The van der Waals surface area contributed by atoms with Gasteiger partial charge in [0.05, 0.1) is 6.61 Å². The van der Waals surface area contributed by atoms with Gasteiger partial charge in [-0.3, -0.25) is 0 Å². The molecule has 1 rings (SSSR count). The van der Waals surface area contributed by atoms with E-state index < -0.39 is 0 Å². The molecule has 24 heavy (non-hydrogen) atoms. The van der Waals surface area contributed by atoms with E-state index >= 15 is 0 Å². The van der Waals surface area contributed by atoms with E-state index in [4.69, 9.17) is 9.84 Å². The Bertz CT molecular complexity index is 430. The van der Waals surface area contributed by atoms with Gasteiger partial charge < -0.3 is 9.84 Å². The van der Waals surface area contributed by atoms with E-state index in [0.717, 1.165) is 19.6 Å². The van der Waals surface area contributed by atoms with Crippen molar-refractivity contribution in [1.82, 2.24) is 0 Å². The number of hydrogen-bond acceptors (Lipinski definition) is 2. The number of hydrogen-bond donors (Lipinski definition) is 1. The van der Waals surface area contributed by atoms with E-state index in [1.165, 1.54) is 69.8 Å². The molecule has 0 saturated carbocycles. The highest BCUT2D eigenvalue weighted by Gasteiger charge is 1.95. The van der Waals surface area contributed by atoms with Crippen LogP contribution < -0.4 is 0 Å². The summed E-state index contributed by atoms with van der Waals surface area (Å²) in [5, 5.41) is 8.54. The lowest BCUT2D eigenvalue weighted by Gasteiger charge is -2.05. The van der Waals surface area contributed by atoms with Crippen molar-refractivity contribution in [3.8, 4) is 11.8 Å². The Hall–Kier alpha value is -1.30. The van der Waals surface area contributed by atoms with Crippen LogP contribution in [0.3, 0.4) is 0 Å². The van der Waals surface area contributed by atoms with Gasteiger partial charge in [0.1, 0.15) is 6.61 Å². The van der Waals surface area contributed by atoms with Crippen LogP contribution in [0, 0.1) is 11.8 Å². The zero-order valence-electron chi connectivity index (χ0n) is 15.1. The Morgan fingerprint density at radius 3 is 1.92 bits per heavy atom. The van der Waals surface area contributed by atoms with E-state index in [2.05, 4.69) is 36.1 Å². The molecule has 0 heterocycles. The highest BCUT2D eigenvalue weighted by molar-refractivity contribution is 5.13. The number of unbranched alkanes of at least 4 members (excludes halogenated alkanes) is 10. The van der Waals surface area contributed by atoms with Crippen molar-refractivity contribution in [2.24, 2.45) is 0 Å². The van der Waals surface area contributed by atoms with Crippen LogP contribution in [0.2, 0.25) is 0 Å². The Kier molecular flexibility index (Phi) is 14.3. The average Bonchev–Trinajstić information content (AvgIpc) is 2.62. The molecule has 0 aliphatic rings. The summed E-state index contributed by atoms with van der Waals surface area (Å²) in [6.07, 6.45) is 14.0. The second-order valence-corrected chi connectivity index (χ2v) is 6.34. The maximum absolute atomic E-state index is 8.54. The van der Waals surface area contributed by atoms with Gasteiger partial charge in [0.25, 0.3) is 0 Å². The van der Waals surface area contributed by atoms with Crippen LogP contribution in [0.15, 0.2) is 30.3 Å². The first-order valence-electron chi connectivity index (χ1n) is 9.61. The lowest BCUT2D eigenvalue weighted by molar-refractivity contribution is 0.116. The fourth-order valence-electron chi connectivity index (χ4n) is 2.74. The summed E-state index contributed by atoms with van der Waals surface area (Å²) >= 11 is 0. The monoisotopic (exact) mass is 330 g/mol. The number of ether oxygens (including phenoxy) is 1. The van der Waals surface area contributed by atoms with Gasteiger partial charge in [0.2, 0.25) is 0 Å². The number of benzene rings is 1. The minimum Gasteiger partial charge on any atom is -0.384 e. The van der Waals surface area contributed by atoms with Gasteiger partial charge in [-0.2, -0.15) is 0 Å². The minimum absolute atomic E-state index is 0.000842. The summed E-state index contributed by atoms with van der Waals surface area (Å²) in [6.45, 7) is 1.62. The molecule has 0 radical (unpaired) electrons. The van der Waals surface area contributed by atoms with Crippen LogP contribution in [-0.4, -0.2) is 18.3 Å². The van der Waals surface area contributed by atoms with E-state index in [1.54, 1.807) is 0 Å². The quantitative estimate of drug-likeness (QED) is 0.361. The maximum Gasteiger partial charge on any atom is 0.104 e. The zero-order chi connectivity index (χ0) is 17.1. The molecule has 0 spiro atoms. The largest absolute Gasteiger partial charge is 0.384 e. The lowest BCUT2D eigenvalue weighted by atomic mass is 10.1. The number of rotatable bonds is 14. The Labute approximate surface area is 148 Å². The van der Waals surface area contributed by atoms with Gasteiger partial charge >= 0.3 is 0 Å². The number of aliphatic hydroxyl groups is 1. The topological polar surface area (TPSA) is 29.5 Å². The molecule has 0 amide bonds. The fraction of sp³-hybridized carbons (Fsp3) is 0.636. The van der Waals surface area contributed by atoms with Gasteiger partial charge in [0, 0.05) is 13.0 Å². The molecule has 2 nitrogen and oxygen atoms in total. The predicted molar refractivity (Wildman–Crippen MR) is 102 cm³/mol. The summed E-state index contributed by atoms with van der Waals surface area (Å²) < 4.78 is 5.70. The molecule has 1 N–H and O–H groups in total. The molecule has 0 atom stereocenters. The SMILES string of the molecule is OCC#CCCCCCCCCCCCCOCc1ccccc1. The molecular weight excluding hydrogens is 296 g/mol. The third-order valence-electron chi connectivity index (χ3n) is 4.16. The fourth-order valence-corrected chi connectivity index (χ4v) is 2.74. The van der Waals surface area contributed by atoms with Crippen molar-refractivity contribution in [2.45, 2.75) is 77.2 Å². The van der Waals surface area contributed by atoms with Crippen LogP contribution >= 0.6 is 0 Å². The molecule has 1 aromatic rings. The van der Waals surface area contributed by atoms with Crippen LogP contribution in [-0.2, 0) is 11.3 Å². The molecule has 2 heteroatoms. The van der Waals surface area contributed by atoms with Gasteiger partial charge in [0.15, 0.2) is 0 Å². The molecule has 0 saturated heterocycles. The molecule has 0 unspecified atom stereocenters. The minimum atomic E-state index is -0.000842. The van der Waals surface area contributed by atoms with Crippen molar-refractivity contribution >= 4 is 0 Å². The average molecular weight is 331 g/mol. The van der Waals surface area contributed by atoms with Gasteiger partial charge in [-0.05, 0) is 18.4 Å². The van der Waals surface area contributed by atoms with E-state index in [0.29, 0.717) is 0 Å². The molecule has 0 aliphatic heterocycles. The molecule has 0 aromatic heterocycles. The second-order valence-electron chi connectivity index (χ2n) is 6.34. The summed E-state index contributed by atoms with van der Waals surface area (Å²) in [5.74, 6) is 5.67. The van der Waals surface area contributed by atoms with Crippen molar-refractivity contribution in [3.63, 3.8) is 0 Å². The van der Waals surface area contributed by atoms with Crippen LogP contribution in [0.1, 0.15) is 76.2 Å². The second kappa shape index (κ2) is 16.6. The Balaban J connectivity index is 1.73. The zero-order valence-corrected chi connectivity index (χ0v) is 15.1. The third-order valence-corrected chi connectivity index (χ3v) is 4.16. The summed E-state index contributed by atoms with van der Waals surface area (Å²) in [6, 6.07) is 10.4. The van der Waals surface area contributed by atoms with Gasteiger partial charge in [-0.1, -0.05) is 87.6 Å². The smallest absolute Gasteiger partial charge is 0.104 e. The normalized spacial score (nSPS) is 10.4. The summed E-state index contributed by atoms with van der Waals surface area (Å²) in [7, 11) is 0. The van der Waals surface area contributed by atoms with E-state index in [9.17, 15) is 0 Å². The van der Waals surface area contributed by atoms with Crippen molar-refractivity contribution in [3.05, 3.63) is 35.9 Å². The third kappa shape index (κ3) is 13.2. The first-order valence-corrected chi connectivity index (χ1v) is 9.61. The van der Waals surface area contributed by atoms with Crippen molar-refractivity contribution in [2.75, 3.05) is 13.2 Å². The van der Waals surface area contributed by atoms with Crippen LogP contribution in [0.5, 0.6) is 0 Å². The van der Waals surface area contributed by atoms with Crippen LogP contribution in [0.4, 0.5) is 0 Å². The van der Waals surface area contributed by atoms with Crippen molar-refractivity contribution < 1.29 is 9.84 Å².